The van der Waals surface area contributed by atoms with Gasteiger partial charge in [0.15, 0.2) is 0 Å². The zero-order valence-corrected chi connectivity index (χ0v) is 16.9. The topological polar surface area (TPSA) is 33.7 Å². The molecule has 0 aliphatic carbocycles. The normalized spacial score (nSPS) is 14.1. The van der Waals surface area contributed by atoms with Crippen molar-refractivity contribution in [1.82, 2.24) is 10.2 Å². The molecule has 1 saturated heterocycles. The number of para-hydroxylation sites is 1. The van der Waals surface area contributed by atoms with Crippen LogP contribution in [-0.4, -0.2) is 44.3 Å². The molecule has 0 spiro atoms. The Hall–Kier alpha value is -1.37. The molecule has 1 aliphatic rings. The molecular formula is C20H27Cl2FN2O2. The van der Waals surface area contributed by atoms with Crippen LogP contribution in [0, 0.1) is 5.82 Å². The zero-order valence-electron chi connectivity index (χ0n) is 15.2. The third kappa shape index (κ3) is 7.64. The van der Waals surface area contributed by atoms with Gasteiger partial charge in [0.1, 0.15) is 18.2 Å². The van der Waals surface area contributed by atoms with Gasteiger partial charge in [-0.25, -0.2) is 4.39 Å². The van der Waals surface area contributed by atoms with E-state index in [0.29, 0.717) is 5.56 Å². The Balaban J connectivity index is 0.00000182. The lowest BCUT2D eigenvalue weighted by molar-refractivity contribution is 0.0384. The third-order valence-electron chi connectivity index (χ3n) is 4.34. The van der Waals surface area contributed by atoms with Crippen LogP contribution >= 0.6 is 24.8 Å². The molecule has 0 unspecified atom stereocenters. The SMILES string of the molecule is Cl.Cl.Fc1ccccc1COc1ccccc1CNCCN1CCOCC1. The summed E-state index contributed by atoms with van der Waals surface area (Å²) in [6, 6.07) is 14.6. The summed E-state index contributed by atoms with van der Waals surface area (Å²) in [4.78, 5) is 2.40. The smallest absolute Gasteiger partial charge is 0.129 e. The first-order valence-corrected chi connectivity index (χ1v) is 8.78. The lowest BCUT2D eigenvalue weighted by Gasteiger charge is -2.26. The highest BCUT2D eigenvalue weighted by molar-refractivity contribution is 5.85. The van der Waals surface area contributed by atoms with Crippen LogP contribution in [0.1, 0.15) is 11.1 Å². The Kier molecular flexibility index (Phi) is 11.3. The van der Waals surface area contributed by atoms with Crippen LogP contribution in [-0.2, 0) is 17.9 Å². The second-order valence-electron chi connectivity index (χ2n) is 6.12. The van der Waals surface area contributed by atoms with Gasteiger partial charge in [0.2, 0.25) is 0 Å². The molecule has 0 saturated carbocycles. The molecule has 27 heavy (non-hydrogen) atoms. The van der Waals surface area contributed by atoms with Crippen molar-refractivity contribution in [2.24, 2.45) is 0 Å². The fourth-order valence-electron chi connectivity index (χ4n) is 2.85. The number of benzene rings is 2. The number of nitrogens with one attached hydrogen (secondary N) is 1. The lowest BCUT2D eigenvalue weighted by Crippen LogP contribution is -2.40. The van der Waals surface area contributed by atoms with Crippen LogP contribution in [0.15, 0.2) is 48.5 Å². The maximum Gasteiger partial charge on any atom is 0.129 e. The van der Waals surface area contributed by atoms with Crippen molar-refractivity contribution in [1.29, 1.82) is 0 Å². The number of nitrogens with zero attached hydrogens (tertiary/aromatic N) is 1. The van der Waals surface area contributed by atoms with Gasteiger partial charge in [-0.3, -0.25) is 4.90 Å². The van der Waals surface area contributed by atoms with Crippen molar-refractivity contribution in [2.45, 2.75) is 13.2 Å². The summed E-state index contributed by atoms with van der Waals surface area (Å²) in [5.74, 6) is 0.563. The molecular weight excluding hydrogens is 390 g/mol. The lowest BCUT2D eigenvalue weighted by atomic mass is 10.2. The molecule has 0 amide bonds. The molecule has 1 N–H and O–H groups in total. The minimum absolute atomic E-state index is 0. The highest BCUT2D eigenvalue weighted by atomic mass is 35.5. The van der Waals surface area contributed by atoms with E-state index in [1.807, 2.05) is 30.3 Å². The van der Waals surface area contributed by atoms with Crippen LogP contribution < -0.4 is 10.1 Å². The summed E-state index contributed by atoms with van der Waals surface area (Å²) in [5, 5.41) is 3.46. The molecule has 1 fully saturated rings. The standard InChI is InChI=1S/C20H25FN2O2.2ClH/c21-19-7-3-1-6-18(19)16-25-20-8-4-2-5-17(20)15-22-9-10-23-11-13-24-14-12-23;;/h1-8,22H,9-16H2;2*1H. The largest absolute Gasteiger partial charge is 0.488 e. The average Bonchev–Trinajstić information content (AvgIpc) is 2.66. The maximum absolute atomic E-state index is 13.7. The van der Waals surface area contributed by atoms with Gasteiger partial charge >= 0.3 is 0 Å². The molecule has 4 nitrogen and oxygen atoms in total. The average molecular weight is 417 g/mol. The van der Waals surface area contributed by atoms with E-state index in [9.17, 15) is 4.39 Å². The van der Waals surface area contributed by atoms with Gasteiger partial charge < -0.3 is 14.8 Å². The van der Waals surface area contributed by atoms with Crippen molar-refractivity contribution in [3.8, 4) is 5.75 Å². The minimum atomic E-state index is -0.233. The van der Waals surface area contributed by atoms with Crippen LogP contribution in [0.5, 0.6) is 5.75 Å². The monoisotopic (exact) mass is 416 g/mol. The minimum Gasteiger partial charge on any atom is -0.488 e. The van der Waals surface area contributed by atoms with E-state index in [1.165, 1.54) is 6.07 Å². The molecule has 150 valence electrons. The molecule has 0 radical (unpaired) electrons. The molecule has 2 aromatic carbocycles. The molecule has 3 rings (SSSR count). The quantitative estimate of drug-likeness (QED) is 0.665. The van der Waals surface area contributed by atoms with Gasteiger partial charge in [0.05, 0.1) is 13.2 Å². The number of hydrogen-bond acceptors (Lipinski definition) is 4. The Morgan fingerprint density at radius 3 is 2.37 bits per heavy atom. The molecule has 2 aromatic rings. The number of halogens is 3. The van der Waals surface area contributed by atoms with Gasteiger partial charge in [0, 0.05) is 43.9 Å². The van der Waals surface area contributed by atoms with E-state index < -0.39 is 0 Å². The van der Waals surface area contributed by atoms with E-state index in [4.69, 9.17) is 9.47 Å². The van der Waals surface area contributed by atoms with Crippen molar-refractivity contribution < 1.29 is 13.9 Å². The third-order valence-corrected chi connectivity index (χ3v) is 4.34. The summed E-state index contributed by atoms with van der Waals surface area (Å²) < 4.78 is 24.9. The Morgan fingerprint density at radius 2 is 1.63 bits per heavy atom. The molecule has 1 heterocycles. The van der Waals surface area contributed by atoms with Crippen LogP contribution in [0.25, 0.3) is 0 Å². The highest BCUT2D eigenvalue weighted by Gasteiger charge is 2.10. The van der Waals surface area contributed by atoms with E-state index in [1.54, 1.807) is 12.1 Å². The van der Waals surface area contributed by atoms with Crippen molar-refractivity contribution in [3.63, 3.8) is 0 Å². The molecule has 0 aromatic heterocycles. The predicted octanol–water partition coefficient (Wildman–Crippen LogP) is 3.67. The summed E-state index contributed by atoms with van der Waals surface area (Å²) in [5.41, 5.74) is 1.65. The fourth-order valence-corrected chi connectivity index (χ4v) is 2.85. The number of hydrogen-bond donors (Lipinski definition) is 1. The summed E-state index contributed by atoms with van der Waals surface area (Å²) >= 11 is 0. The van der Waals surface area contributed by atoms with Crippen molar-refractivity contribution in [3.05, 3.63) is 65.5 Å². The second-order valence-corrected chi connectivity index (χ2v) is 6.12. The van der Waals surface area contributed by atoms with Crippen LogP contribution in [0.4, 0.5) is 4.39 Å². The van der Waals surface area contributed by atoms with Gasteiger partial charge in [0.25, 0.3) is 0 Å². The van der Waals surface area contributed by atoms with Crippen molar-refractivity contribution in [2.75, 3.05) is 39.4 Å². The van der Waals surface area contributed by atoms with Crippen molar-refractivity contribution >= 4 is 24.8 Å². The van der Waals surface area contributed by atoms with E-state index in [-0.39, 0.29) is 37.2 Å². The van der Waals surface area contributed by atoms with E-state index >= 15 is 0 Å². The van der Waals surface area contributed by atoms with E-state index in [0.717, 1.165) is 57.3 Å². The van der Waals surface area contributed by atoms with Gasteiger partial charge in [-0.05, 0) is 12.1 Å². The zero-order chi connectivity index (χ0) is 17.3. The Morgan fingerprint density at radius 1 is 0.963 bits per heavy atom. The van der Waals surface area contributed by atoms with Gasteiger partial charge in [-0.2, -0.15) is 0 Å². The first kappa shape index (κ1) is 23.7. The summed E-state index contributed by atoms with van der Waals surface area (Å²) in [7, 11) is 0. The van der Waals surface area contributed by atoms with Crippen LogP contribution in [0.2, 0.25) is 0 Å². The molecule has 0 bridgehead atoms. The highest BCUT2D eigenvalue weighted by Crippen LogP contribution is 2.20. The first-order chi connectivity index (χ1) is 12.3. The predicted molar refractivity (Wildman–Crippen MR) is 111 cm³/mol. The number of morpholine rings is 1. The maximum atomic E-state index is 13.7. The summed E-state index contributed by atoms with van der Waals surface area (Å²) in [6.45, 7) is 6.56. The molecule has 0 atom stereocenters. The van der Waals surface area contributed by atoms with Gasteiger partial charge in [-0.1, -0.05) is 36.4 Å². The summed E-state index contributed by atoms with van der Waals surface area (Å²) in [6.07, 6.45) is 0. The van der Waals surface area contributed by atoms with Gasteiger partial charge in [-0.15, -0.1) is 24.8 Å². The Bertz CT molecular complexity index is 670. The van der Waals surface area contributed by atoms with Crippen LogP contribution in [0.3, 0.4) is 0 Å². The number of ether oxygens (including phenoxy) is 2. The number of rotatable bonds is 8. The Labute approximate surface area is 172 Å². The first-order valence-electron chi connectivity index (χ1n) is 8.78. The second kappa shape index (κ2) is 12.9. The fraction of sp³-hybridized carbons (Fsp3) is 0.400. The van der Waals surface area contributed by atoms with E-state index in [2.05, 4.69) is 10.2 Å². The molecule has 7 heteroatoms. The molecule has 1 aliphatic heterocycles.